The van der Waals surface area contributed by atoms with Crippen LogP contribution in [0.2, 0.25) is 0 Å². The van der Waals surface area contributed by atoms with Gasteiger partial charge in [0.15, 0.2) is 0 Å². The smallest absolute Gasteiger partial charge is 0.0774 e. The van der Waals surface area contributed by atoms with Gasteiger partial charge >= 0.3 is 0 Å². The first-order valence-electron chi connectivity index (χ1n) is 3.88. The lowest BCUT2D eigenvalue weighted by Gasteiger charge is -2.32. The molecule has 10 heavy (non-hydrogen) atoms. The summed E-state index contributed by atoms with van der Waals surface area (Å²) in [5.74, 6) is 0. The third kappa shape index (κ3) is 1.40. The third-order valence-electron chi connectivity index (χ3n) is 2.41. The minimum atomic E-state index is -0.235. The summed E-state index contributed by atoms with van der Waals surface area (Å²) in [6.45, 7) is 6.31. The largest absolute Gasteiger partial charge is 0.388 e. The van der Waals surface area contributed by atoms with Crippen molar-refractivity contribution in [2.75, 3.05) is 0 Å². The maximum absolute atomic E-state index is 9.53. The second-order valence-electron chi connectivity index (χ2n) is 3.95. The van der Waals surface area contributed by atoms with E-state index in [-0.39, 0.29) is 11.5 Å². The molecule has 0 amide bonds. The van der Waals surface area contributed by atoms with Gasteiger partial charge in [-0.05, 0) is 25.2 Å². The number of hydrogen-bond acceptors (Lipinski definition) is 1. The van der Waals surface area contributed by atoms with E-state index in [0.29, 0.717) is 0 Å². The van der Waals surface area contributed by atoms with E-state index < -0.39 is 0 Å². The summed E-state index contributed by atoms with van der Waals surface area (Å²) in [7, 11) is 0. The molecule has 1 unspecified atom stereocenters. The molecular formula is C9H16O. The van der Waals surface area contributed by atoms with Gasteiger partial charge < -0.3 is 5.11 Å². The van der Waals surface area contributed by atoms with Crippen LogP contribution in [0.3, 0.4) is 0 Å². The molecular weight excluding hydrogens is 124 g/mol. The molecule has 0 aromatic rings. The van der Waals surface area contributed by atoms with Crippen LogP contribution in [0.15, 0.2) is 11.6 Å². The van der Waals surface area contributed by atoms with E-state index in [4.69, 9.17) is 0 Å². The van der Waals surface area contributed by atoms with Crippen molar-refractivity contribution in [2.24, 2.45) is 5.41 Å². The summed E-state index contributed by atoms with van der Waals surface area (Å²) in [6, 6.07) is 0. The third-order valence-corrected chi connectivity index (χ3v) is 2.41. The first kappa shape index (κ1) is 7.80. The van der Waals surface area contributed by atoms with Crippen molar-refractivity contribution in [2.45, 2.75) is 39.7 Å². The topological polar surface area (TPSA) is 20.2 Å². The van der Waals surface area contributed by atoms with Crippen molar-refractivity contribution in [1.82, 2.24) is 0 Å². The van der Waals surface area contributed by atoms with Crippen LogP contribution in [0.4, 0.5) is 0 Å². The fourth-order valence-electron chi connectivity index (χ4n) is 1.25. The average Bonchev–Trinajstić information content (AvgIpc) is 1.81. The molecule has 0 aromatic carbocycles. The lowest BCUT2D eigenvalue weighted by atomic mass is 9.76. The summed E-state index contributed by atoms with van der Waals surface area (Å²) in [5, 5.41) is 9.53. The number of rotatable bonds is 0. The highest BCUT2D eigenvalue weighted by atomic mass is 16.3. The molecule has 58 valence electrons. The predicted octanol–water partition coefficient (Wildman–Crippen LogP) is 2.11. The average molecular weight is 140 g/mol. The molecule has 1 nitrogen and oxygen atoms in total. The van der Waals surface area contributed by atoms with E-state index in [0.717, 1.165) is 12.8 Å². The van der Waals surface area contributed by atoms with Crippen LogP contribution < -0.4 is 0 Å². The second-order valence-corrected chi connectivity index (χ2v) is 3.95. The molecule has 1 aliphatic rings. The molecule has 1 N–H and O–H groups in total. The number of aliphatic hydroxyl groups is 1. The Kier molecular flexibility index (Phi) is 1.86. The van der Waals surface area contributed by atoms with E-state index in [2.05, 4.69) is 20.8 Å². The van der Waals surface area contributed by atoms with Gasteiger partial charge in [0.1, 0.15) is 0 Å². The van der Waals surface area contributed by atoms with Gasteiger partial charge in [-0.25, -0.2) is 0 Å². The number of hydrogen-bond donors (Lipinski definition) is 1. The zero-order chi connectivity index (χ0) is 7.78. The van der Waals surface area contributed by atoms with E-state index in [1.165, 1.54) is 5.57 Å². The van der Waals surface area contributed by atoms with Crippen LogP contribution >= 0.6 is 0 Å². The minimum Gasteiger partial charge on any atom is -0.388 e. The molecule has 0 radical (unpaired) electrons. The fraction of sp³-hybridized carbons (Fsp3) is 0.778. The quantitative estimate of drug-likeness (QED) is 0.511. The molecule has 1 aliphatic carbocycles. The Hall–Kier alpha value is -0.300. The fourth-order valence-corrected chi connectivity index (χ4v) is 1.25. The lowest BCUT2D eigenvalue weighted by Crippen LogP contribution is -2.30. The van der Waals surface area contributed by atoms with Crippen molar-refractivity contribution in [3.8, 4) is 0 Å². The van der Waals surface area contributed by atoms with Gasteiger partial charge in [-0.1, -0.05) is 25.5 Å². The number of allylic oxidation sites excluding steroid dienone is 1. The van der Waals surface area contributed by atoms with Crippen molar-refractivity contribution in [1.29, 1.82) is 0 Å². The highest BCUT2D eigenvalue weighted by molar-refractivity contribution is 5.10. The SMILES string of the molecule is CC1=CC(O)C(C)(C)CC1. The Bertz CT molecular complexity index is 156. The van der Waals surface area contributed by atoms with Gasteiger partial charge in [0.25, 0.3) is 0 Å². The Labute approximate surface area is 62.8 Å². The molecule has 0 heterocycles. The normalized spacial score (nSPS) is 31.6. The first-order chi connectivity index (χ1) is 4.52. The lowest BCUT2D eigenvalue weighted by molar-refractivity contribution is 0.0754. The molecule has 0 aromatic heterocycles. The molecule has 0 saturated carbocycles. The number of aliphatic hydroxyl groups excluding tert-OH is 1. The van der Waals surface area contributed by atoms with Crippen LogP contribution in [0, 0.1) is 5.41 Å². The highest BCUT2D eigenvalue weighted by Gasteiger charge is 2.28. The van der Waals surface area contributed by atoms with Crippen LogP contribution in [0.1, 0.15) is 33.6 Å². The van der Waals surface area contributed by atoms with E-state index >= 15 is 0 Å². The van der Waals surface area contributed by atoms with Crippen LogP contribution in [0.5, 0.6) is 0 Å². The van der Waals surface area contributed by atoms with Crippen LogP contribution in [0.25, 0.3) is 0 Å². The summed E-state index contributed by atoms with van der Waals surface area (Å²) in [6.07, 6.45) is 3.99. The standard InChI is InChI=1S/C9H16O/c1-7-4-5-9(2,3)8(10)6-7/h6,8,10H,4-5H2,1-3H3. The van der Waals surface area contributed by atoms with Gasteiger partial charge in [0, 0.05) is 0 Å². The van der Waals surface area contributed by atoms with Gasteiger partial charge in [-0.3, -0.25) is 0 Å². The molecule has 1 atom stereocenters. The van der Waals surface area contributed by atoms with Gasteiger partial charge in [-0.15, -0.1) is 0 Å². The van der Waals surface area contributed by atoms with Crippen molar-refractivity contribution in [3.63, 3.8) is 0 Å². The molecule has 0 aliphatic heterocycles. The Morgan fingerprint density at radius 3 is 2.60 bits per heavy atom. The second kappa shape index (κ2) is 2.39. The Balaban J connectivity index is 2.74. The van der Waals surface area contributed by atoms with Crippen molar-refractivity contribution < 1.29 is 5.11 Å². The zero-order valence-corrected chi connectivity index (χ0v) is 7.02. The first-order valence-corrected chi connectivity index (χ1v) is 3.88. The molecule has 0 fully saturated rings. The van der Waals surface area contributed by atoms with Crippen molar-refractivity contribution >= 4 is 0 Å². The van der Waals surface area contributed by atoms with E-state index in [9.17, 15) is 5.11 Å². The van der Waals surface area contributed by atoms with Gasteiger partial charge in [0.2, 0.25) is 0 Å². The minimum absolute atomic E-state index is 0.0967. The van der Waals surface area contributed by atoms with Crippen LogP contribution in [-0.4, -0.2) is 11.2 Å². The molecule has 0 saturated heterocycles. The molecule has 1 heteroatoms. The highest BCUT2D eigenvalue weighted by Crippen LogP contribution is 2.34. The van der Waals surface area contributed by atoms with Gasteiger partial charge in [0.05, 0.1) is 6.10 Å². The Morgan fingerprint density at radius 1 is 1.60 bits per heavy atom. The summed E-state index contributed by atoms with van der Waals surface area (Å²) >= 11 is 0. The predicted molar refractivity (Wildman–Crippen MR) is 42.8 cm³/mol. The molecule has 0 spiro atoms. The van der Waals surface area contributed by atoms with Crippen LogP contribution in [-0.2, 0) is 0 Å². The Morgan fingerprint density at radius 2 is 2.20 bits per heavy atom. The molecule has 0 bridgehead atoms. The van der Waals surface area contributed by atoms with Crippen molar-refractivity contribution in [3.05, 3.63) is 11.6 Å². The zero-order valence-electron chi connectivity index (χ0n) is 7.02. The summed E-state index contributed by atoms with van der Waals surface area (Å²) < 4.78 is 0. The van der Waals surface area contributed by atoms with E-state index in [1.54, 1.807) is 0 Å². The monoisotopic (exact) mass is 140 g/mol. The van der Waals surface area contributed by atoms with E-state index in [1.807, 2.05) is 6.08 Å². The maximum atomic E-state index is 9.53. The maximum Gasteiger partial charge on any atom is 0.0774 e. The summed E-state index contributed by atoms with van der Waals surface area (Å²) in [4.78, 5) is 0. The summed E-state index contributed by atoms with van der Waals surface area (Å²) in [5.41, 5.74) is 1.42. The van der Waals surface area contributed by atoms with Gasteiger partial charge in [-0.2, -0.15) is 0 Å². The molecule has 1 rings (SSSR count).